The van der Waals surface area contributed by atoms with Crippen molar-refractivity contribution in [2.75, 3.05) is 26.0 Å². The first-order valence-corrected chi connectivity index (χ1v) is 11.9. The van der Waals surface area contributed by atoms with Crippen molar-refractivity contribution in [3.05, 3.63) is 87.1 Å². The van der Waals surface area contributed by atoms with E-state index in [4.69, 9.17) is 0 Å². The van der Waals surface area contributed by atoms with E-state index in [-0.39, 0.29) is 43.4 Å². The van der Waals surface area contributed by atoms with Gasteiger partial charge in [-0.3, -0.25) is 19.6 Å². The number of aromatic nitrogens is 2. The van der Waals surface area contributed by atoms with Gasteiger partial charge < -0.3 is 20.4 Å². The Kier molecular flexibility index (Phi) is 8.48. The molecule has 0 fully saturated rings. The Hall–Kier alpha value is -3.90. The van der Waals surface area contributed by atoms with Gasteiger partial charge in [0.05, 0.1) is 28.7 Å². The lowest BCUT2D eigenvalue weighted by Crippen LogP contribution is -2.49. The normalized spacial score (nSPS) is 14.4. The van der Waals surface area contributed by atoms with Crippen LogP contribution in [0.15, 0.2) is 54.6 Å². The van der Waals surface area contributed by atoms with Crippen LogP contribution in [-0.2, 0) is 19.1 Å². The van der Waals surface area contributed by atoms with E-state index in [1.807, 2.05) is 63.2 Å². The fourth-order valence-electron chi connectivity index (χ4n) is 4.82. The highest BCUT2D eigenvalue weighted by atomic mass is 32.1. The zero-order valence-corrected chi connectivity index (χ0v) is 23.1. The Morgan fingerprint density at radius 2 is 1.76 bits per heavy atom. The van der Waals surface area contributed by atoms with Crippen LogP contribution >= 0.6 is 13.5 Å². The quantitative estimate of drug-likeness (QED) is 0.348. The van der Waals surface area contributed by atoms with Crippen LogP contribution in [0.25, 0.3) is 0 Å². The SMILES string of the molecule is CN(C)C[C@@H](NC(=O)N1Cc2c(NC(=O)c3ccc([N+](=O)[O-])cc3)nn(C)c2C1(C)C)c1ccccc1.S. The van der Waals surface area contributed by atoms with Crippen molar-refractivity contribution in [1.29, 1.82) is 0 Å². The number of hydrogen-bond donors (Lipinski definition) is 2. The molecule has 3 aromatic rings. The molecule has 2 N–H and O–H groups in total. The molecule has 11 nitrogen and oxygen atoms in total. The number of fused-ring (bicyclic) bond motifs is 1. The van der Waals surface area contributed by atoms with Crippen molar-refractivity contribution < 1.29 is 14.5 Å². The zero-order chi connectivity index (χ0) is 26.9. The number of nitro groups is 1. The minimum atomic E-state index is -0.684. The number of aryl methyl sites for hydroxylation is 1. The van der Waals surface area contributed by atoms with Gasteiger partial charge in [0.25, 0.3) is 11.6 Å². The standard InChI is InChI=1S/C26H31N7O4.H2S/c1-26(2)22-20(15-32(26)25(35)27-21(16-30(3)4)17-9-7-6-8-10-17)23(29-31(22)5)28-24(34)18-11-13-19(14-12-18)33(36)37;/h6-14,21H,15-16H2,1-5H3,(H,27,35)(H,28,29,34);1H2/t21-;/m1./s1. The Morgan fingerprint density at radius 1 is 1.13 bits per heavy atom. The number of carbonyl (C=O) groups excluding carboxylic acids is 2. The molecule has 0 radical (unpaired) electrons. The highest BCUT2D eigenvalue weighted by molar-refractivity contribution is 7.59. The fraction of sp³-hybridized carbons (Fsp3) is 0.346. The van der Waals surface area contributed by atoms with Crippen molar-refractivity contribution in [3.8, 4) is 0 Å². The third kappa shape index (κ3) is 5.65. The first-order valence-electron chi connectivity index (χ1n) is 11.9. The molecule has 0 saturated carbocycles. The number of benzene rings is 2. The van der Waals surface area contributed by atoms with Crippen molar-refractivity contribution in [1.82, 2.24) is 24.9 Å². The van der Waals surface area contributed by atoms with Gasteiger partial charge in [-0.15, -0.1) is 0 Å². The summed E-state index contributed by atoms with van der Waals surface area (Å²) in [7, 11) is 5.70. The maximum absolute atomic E-state index is 13.6. The van der Waals surface area contributed by atoms with Crippen LogP contribution in [0.4, 0.5) is 16.3 Å². The molecule has 202 valence electrons. The van der Waals surface area contributed by atoms with Gasteiger partial charge in [0.1, 0.15) is 0 Å². The molecule has 0 unspecified atom stereocenters. The summed E-state index contributed by atoms with van der Waals surface area (Å²) in [4.78, 5) is 40.6. The smallest absolute Gasteiger partial charge is 0.319 e. The minimum absolute atomic E-state index is 0. The van der Waals surface area contributed by atoms with Crippen LogP contribution in [0.5, 0.6) is 0 Å². The first-order chi connectivity index (χ1) is 17.5. The monoisotopic (exact) mass is 539 g/mol. The maximum Gasteiger partial charge on any atom is 0.319 e. The number of nitro benzene ring substituents is 1. The third-order valence-corrected chi connectivity index (χ3v) is 6.58. The van der Waals surface area contributed by atoms with E-state index >= 15 is 0 Å². The molecule has 4 rings (SSSR count). The van der Waals surface area contributed by atoms with Crippen molar-refractivity contribution in [2.24, 2.45) is 7.05 Å². The number of hydrogen-bond acceptors (Lipinski definition) is 6. The molecule has 1 atom stereocenters. The van der Waals surface area contributed by atoms with E-state index in [2.05, 4.69) is 15.7 Å². The summed E-state index contributed by atoms with van der Waals surface area (Å²) in [5.41, 5.74) is 2.08. The number of amides is 3. The first kappa shape index (κ1) is 28.7. The van der Waals surface area contributed by atoms with Gasteiger partial charge in [-0.05, 0) is 45.6 Å². The van der Waals surface area contributed by atoms with Crippen LogP contribution in [0.1, 0.15) is 47.1 Å². The fourth-order valence-corrected chi connectivity index (χ4v) is 4.82. The molecule has 1 aromatic heterocycles. The molecule has 1 aliphatic heterocycles. The van der Waals surface area contributed by atoms with Gasteiger partial charge >= 0.3 is 6.03 Å². The number of nitrogens with one attached hydrogen (secondary N) is 2. The van der Waals surface area contributed by atoms with Crippen molar-refractivity contribution >= 4 is 36.9 Å². The lowest BCUT2D eigenvalue weighted by atomic mass is 10.0. The molecular weight excluding hydrogens is 506 g/mol. The van der Waals surface area contributed by atoms with Crippen molar-refractivity contribution in [2.45, 2.75) is 32.0 Å². The van der Waals surface area contributed by atoms with Gasteiger partial charge in [-0.25, -0.2) is 4.79 Å². The predicted molar refractivity (Wildman–Crippen MR) is 149 cm³/mol. The Labute approximate surface area is 228 Å². The van der Waals surface area contributed by atoms with E-state index in [1.165, 1.54) is 24.3 Å². The number of nitrogens with zero attached hydrogens (tertiary/aromatic N) is 5. The molecule has 3 amide bonds. The highest BCUT2D eigenvalue weighted by Crippen LogP contribution is 2.42. The van der Waals surface area contributed by atoms with Gasteiger partial charge in [-0.1, -0.05) is 30.3 Å². The molecule has 2 aromatic carbocycles. The van der Waals surface area contributed by atoms with E-state index < -0.39 is 16.4 Å². The predicted octanol–water partition coefficient (Wildman–Crippen LogP) is 3.76. The topological polar surface area (TPSA) is 126 Å². The summed E-state index contributed by atoms with van der Waals surface area (Å²) in [5.74, 6) is -0.0799. The molecule has 0 saturated heterocycles. The molecule has 1 aliphatic rings. The summed E-state index contributed by atoms with van der Waals surface area (Å²) in [5, 5.41) is 21.4. The van der Waals surface area contributed by atoms with E-state index in [1.54, 1.807) is 16.6 Å². The van der Waals surface area contributed by atoms with Crippen LogP contribution in [-0.4, -0.2) is 57.1 Å². The van der Waals surface area contributed by atoms with Gasteiger partial charge in [0.15, 0.2) is 5.82 Å². The maximum atomic E-state index is 13.6. The molecule has 2 heterocycles. The van der Waals surface area contributed by atoms with Crippen LogP contribution < -0.4 is 10.6 Å². The molecule has 38 heavy (non-hydrogen) atoms. The molecule has 0 bridgehead atoms. The average molecular weight is 540 g/mol. The number of carbonyl (C=O) groups is 2. The summed E-state index contributed by atoms with van der Waals surface area (Å²) in [6, 6.07) is 14.8. The molecule has 0 spiro atoms. The van der Waals surface area contributed by atoms with Gasteiger partial charge in [-0.2, -0.15) is 18.6 Å². The summed E-state index contributed by atoms with van der Waals surface area (Å²) in [6.45, 7) is 4.80. The summed E-state index contributed by atoms with van der Waals surface area (Å²) < 4.78 is 1.68. The van der Waals surface area contributed by atoms with E-state index in [9.17, 15) is 19.7 Å². The Balaban J connectivity index is 0.00000400. The second-order valence-corrected chi connectivity index (χ2v) is 9.88. The second kappa shape index (κ2) is 11.2. The summed E-state index contributed by atoms with van der Waals surface area (Å²) >= 11 is 0. The minimum Gasteiger partial charge on any atom is -0.330 e. The second-order valence-electron chi connectivity index (χ2n) is 9.88. The van der Waals surface area contributed by atoms with Crippen molar-refractivity contribution in [3.63, 3.8) is 0 Å². The summed E-state index contributed by atoms with van der Waals surface area (Å²) in [6.07, 6.45) is 0. The number of non-ortho nitro benzene ring substituents is 1. The highest BCUT2D eigenvalue weighted by Gasteiger charge is 2.45. The molecule has 0 aliphatic carbocycles. The van der Waals surface area contributed by atoms with Gasteiger partial charge in [0, 0.05) is 36.9 Å². The zero-order valence-electron chi connectivity index (χ0n) is 22.1. The van der Waals surface area contributed by atoms with Crippen LogP contribution in [0, 0.1) is 10.1 Å². The lowest BCUT2D eigenvalue weighted by Gasteiger charge is -2.34. The van der Waals surface area contributed by atoms with Crippen LogP contribution in [0.2, 0.25) is 0 Å². The number of urea groups is 1. The average Bonchev–Trinajstić information content (AvgIpc) is 3.32. The van der Waals surface area contributed by atoms with Crippen LogP contribution in [0.3, 0.4) is 0 Å². The third-order valence-electron chi connectivity index (χ3n) is 6.58. The Morgan fingerprint density at radius 3 is 2.34 bits per heavy atom. The Bertz CT molecular complexity index is 1320. The molecule has 12 heteroatoms. The lowest BCUT2D eigenvalue weighted by molar-refractivity contribution is -0.384. The number of likely N-dealkylation sites (N-methyl/N-ethyl adjacent to an activating group) is 1. The largest absolute Gasteiger partial charge is 0.330 e. The van der Waals surface area contributed by atoms with E-state index in [0.29, 0.717) is 12.4 Å². The number of anilines is 1. The van der Waals surface area contributed by atoms with E-state index in [0.717, 1.165) is 16.8 Å². The number of rotatable bonds is 7. The molecular formula is C26H33N7O4S. The van der Waals surface area contributed by atoms with Gasteiger partial charge in [0.2, 0.25) is 0 Å².